The van der Waals surface area contributed by atoms with Crippen LogP contribution in [0.2, 0.25) is 0 Å². The molecule has 148 valence electrons. The number of sulfonamides is 1. The van der Waals surface area contributed by atoms with Crippen LogP contribution in [-0.4, -0.2) is 38.9 Å². The number of hydrogen-bond donors (Lipinski definition) is 1. The van der Waals surface area contributed by atoms with Gasteiger partial charge in [-0.15, -0.1) is 11.3 Å². The molecule has 10 heteroatoms. The minimum Gasteiger partial charge on any atom is -0.349 e. The van der Waals surface area contributed by atoms with Gasteiger partial charge in [-0.1, -0.05) is 17.4 Å². The summed E-state index contributed by atoms with van der Waals surface area (Å²) in [5.74, 6) is -0.134. The Hall–Kier alpha value is -2.01. The van der Waals surface area contributed by atoms with Crippen LogP contribution in [0, 0.1) is 0 Å². The van der Waals surface area contributed by atoms with Gasteiger partial charge >= 0.3 is 0 Å². The highest BCUT2D eigenvalue weighted by Crippen LogP contribution is 2.37. The second-order valence-corrected chi connectivity index (χ2v) is 10.1. The molecule has 2 aromatic heterocycles. The molecular weight excluding hydrogens is 416 g/mol. The number of anilines is 2. The number of amides is 1. The Kier molecular flexibility index (Phi) is 4.90. The van der Waals surface area contributed by atoms with E-state index in [1.807, 2.05) is 6.07 Å². The van der Waals surface area contributed by atoms with Crippen molar-refractivity contribution in [3.63, 3.8) is 0 Å². The van der Waals surface area contributed by atoms with Crippen molar-refractivity contribution in [1.29, 1.82) is 0 Å². The smallest absolute Gasteiger partial charge is 0.268 e. The summed E-state index contributed by atoms with van der Waals surface area (Å²) in [6.07, 6.45) is 0.691. The van der Waals surface area contributed by atoms with Gasteiger partial charge in [-0.2, -0.15) is 0 Å². The van der Waals surface area contributed by atoms with Gasteiger partial charge < -0.3 is 9.80 Å². The first-order valence-electron chi connectivity index (χ1n) is 8.94. The zero-order valence-corrected chi connectivity index (χ0v) is 18.0. The number of thiazole rings is 1. The van der Waals surface area contributed by atoms with E-state index in [0.717, 1.165) is 33.3 Å². The fraction of sp³-hybridized carbons (Fsp3) is 0.333. The first kappa shape index (κ1) is 19.3. The average Bonchev–Trinajstić information content (AvgIpc) is 3.33. The number of carbonyl (C=O) groups excluding carboxylic acids is 1. The fourth-order valence-electron chi connectivity index (χ4n) is 3.34. The van der Waals surface area contributed by atoms with Crippen LogP contribution in [0.3, 0.4) is 0 Å². The lowest BCUT2D eigenvalue weighted by Crippen LogP contribution is -2.28. The van der Waals surface area contributed by atoms with Crippen molar-refractivity contribution in [2.45, 2.75) is 25.2 Å². The molecule has 0 radical (unpaired) electrons. The molecule has 0 bridgehead atoms. The molecule has 1 aliphatic rings. The zero-order chi connectivity index (χ0) is 20.1. The summed E-state index contributed by atoms with van der Waals surface area (Å²) in [6, 6.07) is 6.59. The molecule has 2 N–H and O–H groups in total. The number of benzene rings is 1. The first-order chi connectivity index (χ1) is 13.3. The van der Waals surface area contributed by atoms with Crippen molar-refractivity contribution in [3.8, 4) is 0 Å². The molecule has 1 amide bonds. The van der Waals surface area contributed by atoms with Gasteiger partial charge in [0.1, 0.15) is 4.83 Å². The summed E-state index contributed by atoms with van der Waals surface area (Å²) in [5.41, 5.74) is 1.56. The zero-order valence-electron chi connectivity index (χ0n) is 15.5. The van der Waals surface area contributed by atoms with Crippen molar-refractivity contribution in [2.75, 3.05) is 29.4 Å². The van der Waals surface area contributed by atoms with Crippen molar-refractivity contribution in [1.82, 2.24) is 4.98 Å². The van der Waals surface area contributed by atoms with Gasteiger partial charge in [-0.25, -0.2) is 18.5 Å². The Morgan fingerprint density at radius 1 is 1.25 bits per heavy atom. The predicted molar refractivity (Wildman–Crippen MR) is 114 cm³/mol. The topological polar surface area (TPSA) is 96.6 Å². The molecule has 0 saturated heterocycles. The number of hydrogen-bond acceptors (Lipinski definition) is 7. The Morgan fingerprint density at radius 2 is 2.00 bits per heavy atom. The maximum absolute atomic E-state index is 13.1. The fourth-order valence-corrected chi connectivity index (χ4v) is 6.16. The molecule has 0 unspecified atom stereocenters. The molecule has 0 atom stereocenters. The maximum Gasteiger partial charge on any atom is 0.268 e. The number of nitrogens with two attached hydrogens (primary N) is 1. The molecular formula is C18H20N4O3S3. The second kappa shape index (κ2) is 7.11. The number of carbonyl (C=O) groups is 1. The highest BCUT2D eigenvalue weighted by molar-refractivity contribution is 7.89. The molecule has 3 heterocycles. The van der Waals surface area contributed by atoms with Crippen LogP contribution in [-0.2, 0) is 16.4 Å². The van der Waals surface area contributed by atoms with Crippen molar-refractivity contribution in [3.05, 3.63) is 34.7 Å². The van der Waals surface area contributed by atoms with Crippen molar-refractivity contribution >= 4 is 59.0 Å². The van der Waals surface area contributed by atoms with Gasteiger partial charge in [0.25, 0.3) is 5.91 Å². The van der Waals surface area contributed by atoms with Gasteiger partial charge in [-0.3, -0.25) is 4.79 Å². The molecule has 4 rings (SSSR count). The normalized spacial score (nSPS) is 13.9. The summed E-state index contributed by atoms with van der Waals surface area (Å²) < 4.78 is 24.3. The third-order valence-electron chi connectivity index (χ3n) is 4.85. The molecule has 3 aromatic rings. The monoisotopic (exact) mass is 436 g/mol. The highest BCUT2D eigenvalue weighted by Gasteiger charge is 2.28. The minimum atomic E-state index is -3.82. The largest absolute Gasteiger partial charge is 0.349 e. The van der Waals surface area contributed by atoms with Crippen molar-refractivity contribution < 1.29 is 13.2 Å². The number of aromatic nitrogens is 1. The number of nitrogens with zero attached hydrogens (tertiary/aromatic N) is 3. The maximum atomic E-state index is 13.1. The summed E-state index contributed by atoms with van der Waals surface area (Å²) in [5, 5.41) is 6.21. The first-order valence-corrected chi connectivity index (χ1v) is 12.1. The molecule has 1 aliphatic heterocycles. The number of primary sulfonamides is 1. The van der Waals surface area contributed by atoms with Crippen LogP contribution in [0.1, 0.15) is 29.1 Å². The SMILES string of the molecule is CCN(CC)c1nc2sc(C(=O)N3CCc4ccc(S(N)(=O)=O)cc43)cc2s1. The summed E-state index contributed by atoms with van der Waals surface area (Å²) >= 11 is 2.96. The quantitative estimate of drug-likeness (QED) is 0.663. The van der Waals surface area contributed by atoms with Crippen LogP contribution >= 0.6 is 22.7 Å². The van der Waals surface area contributed by atoms with Gasteiger partial charge in [-0.05, 0) is 44.0 Å². The standard InChI is InChI=1S/C18H20N4O3S3/c1-3-21(4-2)18-20-16-14(27-18)10-15(26-16)17(23)22-8-7-11-5-6-12(9-13(11)22)28(19,24)25/h5-6,9-10H,3-4,7-8H2,1-2H3,(H2,19,24,25). The van der Waals surface area contributed by atoms with Crippen LogP contribution in [0.25, 0.3) is 9.53 Å². The Morgan fingerprint density at radius 3 is 2.64 bits per heavy atom. The lowest BCUT2D eigenvalue weighted by atomic mass is 10.2. The molecule has 0 aliphatic carbocycles. The van der Waals surface area contributed by atoms with Crippen LogP contribution in [0.5, 0.6) is 0 Å². The second-order valence-electron chi connectivity index (χ2n) is 6.49. The molecule has 0 fully saturated rings. The van der Waals surface area contributed by atoms with Gasteiger partial charge in [0.15, 0.2) is 5.13 Å². The van der Waals surface area contributed by atoms with E-state index >= 15 is 0 Å². The number of fused-ring (bicyclic) bond motifs is 2. The Labute approximate surface area is 171 Å². The molecule has 0 saturated carbocycles. The van der Waals surface area contributed by atoms with Crippen LogP contribution in [0.15, 0.2) is 29.2 Å². The van der Waals surface area contributed by atoms with Crippen LogP contribution < -0.4 is 14.9 Å². The lowest BCUT2D eigenvalue weighted by molar-refractivity contribution is 0.0993. The molecule has 28 heavy (non-hydrogen) atoms. The molecule has 7 nitrogen and oxygen atoms in total. The van der Waals surface area contributed by atoms with E-state index in [2.05, 4.69) is 23.7 Å². The predicted octanol–water partition coefficient (Wildman–Crippen LogP) is 3.05. The van der Waals surface area contributed by atoms with Crippen LogP contribution in [0.4, 0.5) is 10.8 Å². The van der Waals surface area contributed by atoms with E-state index in [0.29, 0.717) is 23.5 Å². The highest BCUT2D eigenvalue weighted by atomic mass is 32.2. The van der Waals surface area contributed by atoms with Gasteiger partial charge in [0.05, 0.1) is 14.5 Å². The average molecular weight is 437 g/mol. The Balaban J connectivity index is 1.65. The van der Waals surface area contributed by atoms with E-state index in [1.54, 1.807) is 22.3 Å². The van der Waals surface area contributed by atoms with E-state index in [9.17, 15) is 13.2 Å². The third-order valence-corrected chi connectivity index (χ3v) is 7.97. The Bertz CT molecular complexity index is 1130. The summed E-state index contributed by atoms with van der Waals surface area (Å²) in [7, 11) is -3.82. The van der Waals surface area contributed by atoms with E-state index in [-0.39, 0.29) is 10.8 Å². The van der Waals surface area contributed by atoms with Gasteiger partial charge in [0.2, 0.25) is 10.0 Å². The van der Waals surface area contributed by atoms with E-state index < -0.39 is 10.0 Å². The molecule has 0 spiro atoms. The molecule has 1 aromatic carbocycles. The minimum absolute atomic E-state index is 0.0173. The summed E-state index contributed by atoms with van der Waals surface area (Å²) in [4.78, 5) is 23.1. The number of thiophene rings is 1. The lowest BCUT2D eigenvalue weighted by Gasteiger charge is -2.17. The van der Waals surface area contributed by atoms with E-state index in [4.69, 9.17) is 5.14 Å². The number of rotatable bonds is 5. The van der Waals surface area contributed by atoms with Gasteiger partial charge in [0, 0.05) is 25.3 Å². The van der Waals surface area contributed by atoms with E-state index in [1.165, 1.54) is 23.5 Å². The third kappa shape index (κ3) is 3.30. The van der Waals surface area contributed by atoms with Crippen molar-refractivity contribution in [2.24, 2.45) is 5.14 Å². The summed E-state index contributed by atoms with van der Waals surface area (Å²) in [6.45, 7) is 6.48.